The molecule has 0 N–H and O–H groups in total. The summed E-state index contributed by atoms with van der Waals surface area (Å²) in [7, 11) is 0. The molecule has 8 nitrogen and oxygen atoms in total. The van der Waals surface area contributed by atoms with E-state index in [1.165, 1.54) is 18.2 Å². The van der Waals surface area contributed by atoms with Gasteiger partial charge in [-0.15, -0.1) is 0 Å². The molecule has 9 heteroatoms. The third-order valence-corrected chi connectivity index (χ3v) is 3.21. The highest BCUT2D eigenvalue weighted by molar-refractivity contribution is 6.32. The van der Waals surface area contributed by atoms with Crippen molar-refractivity contribution >= 4 is 23.0 Å². The number of hydrogen-bond acceptors (Lipinski definition) is 5. The fourth-order valence-corrected chi connectivity index (χ4v) is 2.21. The van der Waals surface area contributed by atoms with Crippen LogP contribution in [0.2, 0.25) is 5.15 Å². The average molecular weight is 311 g/mol. The van der Waals surface area contributed by atoms with Gasteiger partial charge in [0, 0.05) is 12.0 Å². The van der Waals surface area contributed by atoms with Crippen LogP contribution in [-0.4, -0.2) is 19.6 Å². The maximum Gasteiger partial charge on any atom is 0.329 e. The number of para-hydroxylation sites is 2. The van der Waals surface area contributed by atoms with Crippen LogP contribution in [0.1, 0.15) is 25.5 Å². The van der Waals surface area contributed by atoms with E-state index < -0.39 is 9.85 Å². The van der Waals surface area contributed by atoms with Gasteiger partial charge in [0.1, 0.15) is 11.4 Å². The van der Waals surface area contributed by atoms with Gasteiger partial charge in [0.2, 0.25) is 5.15 Å². The van der Waals surface area contributed by atoms with Crippen LogP contribution in [0.15, 0.2) is 24.3 Å². The summed E-state index contributed by atoms with van der Waals surface area (Å²) in [6.45, 7) is 3.46. The maximum absolute atomic E-state index is 11.1. The van der Waals surface area contributed by atoms with Gasteiger partial charge in [0.05, 0.1) is 9.85 Å². The normalized spacial score (nSPS) is 10.9. The van der Waals surface area contributed by atoms with Crippen molar-refractivity contribution in [2.24, 2.45) is 0 Å². The van der Waals surface area contributed by atoms with Crippen molar-refractivity contribution in [3.05, 3.63) is 55.3 Å². The van der Waals surface area contributed by atoms with E-state index in [1.54, 1.807) is 19.9 Å². The summed E-state index contributed by atoms with van der Waals surface area (Å²) in [6.07, 6.45) is 0. The first-order valence-corrected chi connectivity index (χ1v) is 6.39. The number of halogens is 1. The van der Waals surface area contributed by atoms with Crippen LogP contribution < -0.4 is 0 Å². The number of nitro groups is 2. The van der Waals surface area contributed by atoms with Crippen molar-refractivity contribution in [1.82, 2.24) is 9.78 Å². The lowest BCUT2D eigenvalue weighted by Crippen LogP contribution is -2.02. The molecule has 0 spiro atoms. The molecule has 0 bridgehead atoms. The molecule has 0 saturated heterocycles. The predicted octanol–water partition coefficient (Wildman–Crippen LogP) is 3.47. The summed E-state index contributed by atoms with van der Waals surface area (Å²) in [6, 6.07) is 5.79. The Hall–Kier alpha value is -2.48. The van der Waals surface area contributed by atoms with Gasteiger partial charge in [-0.1, -0.05) is 37.6 Å². The number of hydrogen-bond donors (Lipinski definition) is 0. The Labute approximate surface area is 124 Å². The Morgan fingerprint density at radius 1 is 1.19 bits per heavy atom. The molecule has 0 aliphatic carbocycles. The van der Waals surface area contributed by atoms with Crippen molar-refractivity contribution in [3.8, 4) is 5.69 Å². The summed E-state index contributed by atoms with van der Waals surface area (Å²) in [5.41, 5.74) is -0.289. The van der Waals surface area contributed by atoms with E-state index in [1.807, 2.05) is 0 Å². The van der Waals surface area contributed by atoms with E-state index >= 15 is 0 Å². The Morgan fingerprint density at radius 3 is 2.29 bits per heavy atom. The topological polar surface area (TPSA) is 104 Å². The Morgan fingerprint density at radius 2 is 1.81 bits per heavy atom. The van der Waals surface area contributed by atoms with Gasteiger partial charge in [0.25, 0.3) is 5.69 Å². The molecule has 2 rings (SSSR count). The third-order valence-electron chi connectivity index (χ3n) is 2.87. The lowest BCUT2D eigenvalue weighted by Gasteiger charge is -2.03. The molecule has 110 valence electrons. The highest BCUT2D eigenvalue weighted by Gasteiger charge is 2.31. The molecule has 21 heavy (non-hydrogen) atoms. The molecule has 0 atom stereocenters. The molecular weight excluding hydrogens is 300 g/mol. The second-order valence-electron chi connectivity index (χ2n) is 4.59. The SMILES string of the molecule is CC(C)c1nn(-c2ccccc2[N+](=O)[O-])c(Cl)c1[N+](=O)[O-]. The van der Waals surface area contributed by atoms with Crippen LogP contribution in [0.4, 0.5) is 11.4 Å². The third kappa shape index (κ3) is 2.57. The molecule has 0 fully saturated rings. The molecule has 1 aromatic heterocycles. The van der Waals surface area contributed by atoms with Crippen LogP contribution in [0.3, 0.4) is 0 Å². The quantitative estimate of drug-likeness (QED) is 0.635. The van der Waals surface area contributed by atoms with Crippen molar-refractivity contribution in [2.75, 3.05) is 0 Å². The Bertz CT molecular complexity index is 726. The van der Waals surface area contributed by atoms with E-state index in [-0.39, 0.29) is 33.8 Å². The first-order valence-electron chi connectivity index (χ1n) is 6.01. The van der Waals surface area contributed by atoms with Crippen molar-refractivity contribution in [3.63, 3.8) is 0 Å². The zero-order valence-corrected chi connectivity index (χ0v) is 11.9. The van der Waals surface area contributed by atoms with E-state index in [2.05, 4.69) is 5.10 Å². The summed E-state index contributed by atoms with van der Waals surface area (Å²) >= 11 is 6.02. The molecule has 0 aliphatic rings. The van der Waals surface area contributed by atoms with Gasteiger partial charge in [-0.3, -0.25) is 20.2 Å². The summed E-state index contributed by atoms with van der Waals surface area (Å²) < 4.78 is 1.03. The minimum atomic E-state index is -0.629. The zero-order chi connectivity index (χ0) is 15.7. The largest absolute Gasteiger partial charge is 0.329 e. The van der Waals surface area contributed by atoms with Crippen LogP contribution in [0, 0.1) is 20.2 Å². The van der Waals surface area contributed by atoms with Gasteiger partial charge in [-0.25, -0.2) is 4.68 Å². The molecule has 0 unspecified atom stereocenters. The van der Waals surface area contributed by atoms with Crippen LogP contribution in [0.5, 0.6) is 0 Å². The lowest BCUT2D eigenvalue weighted by molar-refractivity contribution is -0.385. The van der Waals surface area contributed by atoms with E-state index in [9.17, 15) is 20.2 Å². The molecule has 0 amide bonds. The second-order valence-corrected chi connectivity index (χ2v) is 4.95. The number of benzene rings is 1. The van der Waals surface area contributed by atoms with Gasteiger partial charge >= 0.3 is 5.69 Å². The minimum Gasteiger partial charge on any atom is -0.258 e. The van der Waals surface area contributed by atoms with Crippen molar-refractivity contribution in [1.29, 1.82) is 0 Å². The van der Waals surface area contributed by atoms with Crippen molar-refractivity contribution < 1.29 is 9.85 Å². The van der Waals surface area contributed by atoms with E-state index in [4.69, 9.17) is 11.6 Å². The smallest absolute Gasteiger partial charge is 0.258 e. The fraction of sp³-hybridized carbons (Fsp3) is 0.250. The standard InChI is InChI=1S/C12H11ClN4O4/c1-7(2)10-11(17(20)21)12(13)15(14-10)8-5-3-4-6-9(8)16(18)19/h3-7H,1-2H3. The van der Waals surface area contributed by atoms with Gasteiger partial charge in [-0.2, -0.15) is 5.10 Å². The number of nitrogens with zero attached hydrogens (tertiary/aromatic N) is 4. The highest BCUT2D eigenvalue weighted by atomic mass is 35.5. The van der Waals surface area contributed by atoms with E-state index in [0.29, 0.717) is 0 Å². The molecule has 2 aromatic rings. The monoisotopic (exact) mass is 310 g/mol. The van der Waals surface area contributed by atoms with Crippen molar-refractivity contribution in [2.45, 2.75) is 19.8 Å². The highest BCUT2D eigenvalue weighted by Crippen LogP contribution is 2.36. The Balaban J connectivity index is 2.75. The summed E-state index contributed by atoms with van der Waals surface area (Å²) in [5.74, 6) is -0.244. The minimum absolute atomic E-state index is 0.0856. The van der Waals surface area contributed by atoms with E-state index in [0.717, 1.165) is 4.68 Å². The van der Waals surface area contributed by atoms with Crippen LogP contribution in [-0.2, 0) is 0 Å². The Kier molecular flexibility index (Phi) is 3.90. The molecule has 0 aliphatic heterocycles. The predicted molar refractivity (Wildman–Crippen MR) is 76.0 cm³/mol. The number of nitro benzene ring substituents is 1. The van der Waals surface area contributed by atoms with Gasteiger partial charge < -0.3 is 0 Å². The lowest BCUT2D eigenvalue weighted by atomic mass is 10.1. The van der Waals surface area contributed by atoms with Crippen LogP contribution in [0.25, 0.3) is 5.69 Å². The van der Waals surface area contributed by atoms with Crippen LogP contribution >= 0.6 is 11.6 Å². The first-order chi connectivity index (χ1) is 9.84. The maximum atomic E-state index is 11.1. The summed E-state index contributed by atoms with van der Waals surface area (Å²) in [5, 5.41) is 26.0. The summed E-state index contributed by atoms with van der Waals surface area (Å²) in [4.78, 5) is 21.0. The van der Waals surface area contributed by atoms with Gasteiger partial charge in [0.15, 0.2) is 0 Å². The molecular formula is C12H11ClN4O4. The van der Waals surface area contributed by atoms with Gasteiger partial charge in [-0.05, 0) is 6.07 Å². The number of aromatic nitrogens is 2. The first kappa shape index (κ1) is 14.9. The molecule has 1 aromatic carbocycles. The zero-order valence-electron chi connectivity index (χ0n) is 11.2. The number of rotatable bonds is 4. The molecule has 1 heterocycles. The molecule has 0 saturated carbocycles. The molecule has 0 radical (unpaired) electrons. The fourth-order valence-electron chi connectivity index (χ4n) is 1.92. The average Bonchev–Trinajstić information content (AvgIpc) is 2.76. The second kappa shape index (κ2) is 5.49.